The molecule has 7 nitrogen and oxygen atoms in total. The summed E-state index contributed by atoms with van der Waals surface area (Å²) in [5.74, 6) is -0.0214. The normalized spacial score (nSPS) is 11.8. The number of anilines is 1. The highest BCUT2D eigenvalue weighted by atomic mass is 19.1. The first-order valence-corrected chi connectivity index (χ1v) is 9.18. The van der Waals surface area contributed by atoms with Crippen molar-refractivity contribution >= 4 is 11.4 Å². The van der Waals surface area contributed by atoms with Crippen molar-refractivity contribution in [3.05, 3.63) is 106 Å². The molecule has 1 unspecified atom stereocenters. The number of halogens is 1. The minimum atomic E-state index is -0.836. The Morgan fingerprint density at radius 1 is 1.00 bits per heavy atom. The van der Waals surface area contributed by atoms with Gasteiger partial charge in [-0.15, -0.1) is 10.2 Å². The minimum absolute atomic E-state index is 0.0391. The van der Waals surface area contributed by atoms with Gasteiger partial charge in [0, 0.05) is 28.4 Å². The zero-order valence-electron chi connectivity index (χ0n) is 15.9. The predicted molar refractivity (Wildman–Crippen MR) is 109 cm³/mol. The molecule has 0 fully saturated rings. The number of nitrogens with one attached hydrogen (secondary N) is 1. The van der Waals surface area contributed by atoms with Gasteiger partial charge in [-0.1, -0.05) is 42.5 Å². The number of hydrogen-bond donors (Lipinski definition) is 1. The van der Waals surface area contributed by atoms with E-state index in [4.69, 9.17) is 4.42 Å². The Balaban J connectivity index is 1.78. The third-order valence-electron chi connectivity index (χ3n) is 4.73. The van der Waals surface area contributed by atoms with Crippen LogP contribution in [0.4, 0.5) is 15.8 Å². The Morgan fingerprint density at radius 2 is 1.73 bits per heavy atom. The molecule has 1 N–H and O–H groups in total. The number of benzene rings is 3. The van der Waals surface area contributed by atoms with Gasteiger partial charge in [-0.3, -0.25) is 10.1 Å². The van der Waals surface area contributed by atoms with Crippen LogP contribution in [0.2, 0.25) is 0 Å². The SMILES string of the molecule is Cc1c(NC(c2nnc(-c3ccccc3)o2)c2ccccc2F)cccc1[N+](=O)[O-]. The first kappa shape index (κ1) is 19.3. The number of nitro benzene ring substituents is 1. The summed E-state index contributed by atoms with van der Waals surface area (Å²) < 4.78 is 20.5. The zero-order valence-corrected chi connectivity index (χ0v) is 15.9. The average Bonchev–Trinajstić information content (AvgIpc) is 3.24. The molecule has 8 heteroatoms. The summed E-state index contributed by atoms with van der Waals surface area (Å²) in [7, 11) is 0. The van der Waals surface area contributed by atoms with E-state index < -0.39 is 16.8 Å². The average molecular weight is 404 g/mol. The number of nitrogens with zero attached hydrogens (tertiary/aromatic N) is 3. The van der Waals surface area contributed by atoms with Gasteiger partial charge in [0.05, 0.1) is 4.92 Å². The van der Waals surface area contributed by atoms with Crippen LogP contribution in [0.5, 0.6) is 0 Å². The van der Waals surface area contributed by atoms with Gasteiger partial charge in [-0.25, -0.2) is 4.39 Å². The molecule has 4 rings (SSSR count). The summed E-state index contributed by atoms with van der Waals surface area (Å²) in [6, 6.07) is 19.3. The van der Waals surface area contributed by atoms with Crippen LogP contribution in [0, 0.1) is 22.9 Å². The van der Waals surface area contributed by atoms with E-state index in [1.807, 2.05) is 30.3 Å². The molecule has 0 aliphatic heterocycles. The molecule has 0 saturated heterocycles. The number of hydrogen-bond acceptors (Lipinski definition) is 6. The lowest BCUT2D eigenvalue weighted by atomic mass is 10.0. The smallest absolute Gasteiger partial charge is 0.274 e. The molecule has 150 valence electrons. The molecule has 0 radical (unpaired) electrons. The molecule has 4 aromatic rings. The first-order chi connectivity index (χ1) is 14.5. The number of aromatic nitrogens is 2. The molecule has 0 aliphatic rings. The summed E-state index contributed by atoms with van der Waals surface area (Å²) >= 11 is 0. The number of nitro groups is 1. The predicted octanol–water partition coefficient (Wildman–Crippen LogP) is 5.29. The fourth-order valence-corrected chi connectivity index (χ4v) is 3.16. The van der Waals surface area contributed by atoms with Gasteiger partial charge in [0.2, 0.25) is 11.8 Å². The zero-order chi connectivity index (χ0) is 21.1. The Hall–Kier alpha value is -4.07. The first-order valence-electron chi connectivity index (χ1n) is 9.18. The highest BCUT2D eigenvalue weighted by molar-refractivity contribution is 5.61. The lowest BCUT2D eigenvalue weighted by Gasteiger charge is -2.19. The van der Waals surface area contributed by atoms with Gasteiger partial charge < -0.3 is 9.73 Å². The molecule has 3 aromatic carbocycles. The monoisotopic (exact) mass is 404 g/mol. The van der Waals surface area contributed by atoms with Crippen molar-refractivity contribution < 1.29 is 13.7 Å². The largest absolute Gasteiger partial charge is 0.418 e. The maximum Gasteiger partial charge on any atom is 0.274 e. The molecule has 1 heterocycles. The van der Waals surface area contributed by atoms with Crippen LogP contribution >= 0.6 is 0 Å². The van der Waals surface area contributed by atoms with Crippen LogP contribution in [0.3, 0.4) is 0 Å². The van der Waals surface area contributed by atoms with E-state index in [1.54, 1.807) is 37.3 Å². The summed E-state index contributed by atoms with van der Waals surface area (Å²) in [4.78, 5) is 10.8. The van der Waals surface area contributed by atoms with E-state index in [2.05, 4.69) is 15.5 Å². The Morgan fingerprint density at radius 3 is 2.47 bits per heavy atom. The number of rotatable bonds is 6. The minimum Gasteiger partial charge on any atom is -0.418 e. The van der Waals surface area contributed by atoms with Gasteiger partial charge in [0.1, 0.15) is 11.9 Å². The molecule has 1 atom stereocenters. The molecular formula is C22H17FN4O3. The fourth-order valence-electron chi connectivity index (χ4n) is 3.16. The highest BCUT2D eigenvalue weighted by Gasteiger charge is 2.26. The molecule has 0 spiro atoms. The summed E-state index contributed by atoms with van der Waals surface area (Å²) in [5, 5.41) is 22.6. The van der Waals surface area contributed by atoms with Crippen molar-refractivity contribution in [3.63, 3.8) is 0 Å². The molecular weight excluding hydrogens is 387 g/mol. The molecule has 0 aliphatic carbocycles. The van der Waals surface area contributed by atoms with Crippen LogP contribution in [-0.2, 0) is 0 Å². The topological polar surface area (TPSA) is 94.1 Å². The molecule has 1 aromatic heterocycles. The summed E-state index contributed by atoms with van der Waals surface area (Å²) in [6.07, 6.45) is 0. The van der Waals surface area contributed by atoms with Crippen molar-refractivity contribution in [3.8, 4) is 11.5 Å². The second-order valence-electron chi connectivity index (χ2n) is 6.62. The Labute approximate surface area is 171 Å². The van der Waals surface area contributed by atoms with Gasteiger partial charge in [-0.05, 0) is 31.2 Å². The van der Waals surface area contributed by atoms with Gasteiger partial charge in [0.25, 0.3) is 5.69 Å². The van der Waals surface area contributed by atoms with Crippen molar-refractivity contribution in [1.82, 2.24) is 10.2 Å². The summed E-state index contributed by atoms with van der Waals surface area (Å²) in [6.45, 7) is 1.63. The standard InChI is InChI=1S/C22H17FN4O3/c1-14-18(12-7-13-19(14)27(28)29)24-20(16-10-5-6-11-17(16)23)22-26-25-21(30-22)15-8-3-2-4-9-15/h2-13,20,24H,1H3. The maximum absolute atomic E-state index is 14.6. The van der Waals surface area contributed by atoms with Gasteiger partial charge >= 0.3 is 0 Å². The van der Waals surface area contributed by atoms with Crippen molar-refractivity contribution in [1.29, 1.82) is 0 Å². The Bertz CT molecular complexity index is 1190. The van der Waals surface area contributed by atoms with E-state index in [0.717, 1.165) is 5.56 Å². The molecule has 0 saturated carbocycles. The molecule has 30 heavy (non-hydrogen) atoms. The molecule has 0 amide bonds. The van der Waals surface area contributed by atoms with E-state index in [0.29, 0.717) is 17.1 Å². The van der Waals surface area contributed by atoms with Gasteiger partial charge in [-0.2, -0.15) is 0 Å². The van der Waals surface area contributed by atoms with Crippen molar-refractivity contribution in [2.24, 2.45) is 0 Å². The van der Waals surface area contributed by atoms with Crippen LogP contribution in [0.25, 0.3) is 11.5 Å². The van der Waals surface area contributed by atoms with Gasteiger partial charge in [0.15, 0.2) is 0 Å². The van der Waals surface area contributed by atoms with Crippen LogP contribution in [0.1, 0.15) is 23.1 Å². The second kappa shape index (κ2) is 8.12. The fraction of sp³-hybridized carbons (Fsp3) is 0.0909. The van der Waals surface area contributed by atoms with E-state index in [1.165, 1.54) is 12.1 Å². The van der Waals surface area contributed by atoms with Crippen LogP contribution in [0.15, 0.2) is 77.2 Å². The lowest BCUT2D eigenvalue weighted by Crippen LogP contribution is -2.15. The Kier molecular flexibility index (Phi) is 5.21. The van der Waals surface area contributed by atoms with Crippen LogP contribution < -0.4 is 5.32 Å². The summed E-state index contributed by atoms with van der Waals surface area (Å²) in [5.41, 5.74) is 1.87. The van der Waals surface area contributed by atoms with E-state index in [9.17, 15) is 14.5 Å². The second-order valence-corrected chi connectivity index (χ2v) is 6.62. The maximum atomic E-state index is 14.6. The van der Waals surface area contributed by atoms with E-state index >= 15 is 0 Å². The van der Waals surface area contributed by atoms with E-state index in [-0.39, 0.29) is 17.1 Å². The third-order valence-corrected chi connectivity index (χ3v) is 4.73. The highest BCUT2D eigenvalue weighted by Crippen LogP contribution is 2.33. The third kappa shape index (κ3) is 3.75. The van der Waals surface area contributed by atoms with Crippen LogP contribution in [-0.4, -0.2) is 15.1 Å². The quantitative estimate of drug-likeness (QED) is 0.346. The van der Waals surface area contributed by atoms with Crippen molar-refractivity contribution in [2.45, 2.75) is 13.0 Å². The lowest BCUT2D eigenvalue weighted by molar-refractivity contribution is -0.385. The molecule has 0 bridgehead atoms. The van der Waals surface area contributed by atoms with Crippen molar-refractivity contribution in [2.75, 3.05) is 5.32 Å².